The molecular formula is C11H20O2. The van der Waals surface area contributed by atoms with Crippen LogP contribution in [0.2, 0.25) is 0 Å². The first-order valence-electron chi connectivity index (χ1n) is 4.94. The van der Waals surface area contributed by atoms with Crippen LogP contribution in [0.4, 0.5) is 0 Å². The van der Waals surface area contributed by atoms with E-state index in [1.807, 2.05) is 27.7 Å². The molecule has 0 heterocycles. The fraction of sp³-hybridized carbons (Fsp3) is 0.818. The van der Waals surface area contributed by atoms with Crippen molar-refractivity contribution in [3.05, 3.63) is 0 Å². The number of rotatable bonds is 6. The van der Waals surface area contributed by atoms with Gasteiger partial charge in [-0.3, -0.25) is 4.79 Å². The maximum Gasteiger partial charge on any atom is 0.133 e. The van der Waals surface area contributed by atoms with E-state index in [1.165, 1.54) is 0 Å². The Morgan fingerprint density at radius 1 is 1.15 bits per heavy atom. The fourth-order valence-electron chi connectivity index (χ4n) is 1.24. The van der Waals surface area contributed by atoms with Gasteiger partial charge in [-0.15, -0.1) is 0 Å². The molecular weight excluding hydrogens is 164 g/mol. The van der Waals surface area contributed by atoms with Crippen molar-refractivity contribution in [2.75, 3.05) is 0 Å². The third-order valence-corrected chi connectivity index (χ3v) is 2.13. The normalized spacial score (nSPS) is 13.4. The van der Waals surface area contributed by atoms with Crippen LogP contribution in [0.15, 0.2) is 0 Å². The van der Waals surface area contributed by atoms with Gasteiger partial charge in [-0.1, -0.05) is 27.7 Å². The van der Waals surface area contributed by atoms with Gasteiger partial charge in [-0.05, 0) is 11.8 Å². The van der Waals surface area contributed by atoms with E-state index in [4.69, 9.17) is 0 Å². The molecule has 2 heteroatoms. The molecule has 0 saturated carbocycles. The summed E-state index contributed by atoms with van der Waals surface area (Å²) in [6, 6.07) is 0. The molecule has 0 fully saturated rings. The van der Waals surface area contributed by atoms with Gasteiger partial charge in [0.25, 0.3) is 0 Å². The zero-order valence-corrected chi connectivity index (χ0v) is 9.04. The summed E-state index contributed by atoms with van der Waals surface area (Å²) in [5, 5.41) is 0. The van der Waals surface area contributed by atoms with Gasteiger partial charge in [-0.25, -0.2) is 0 Å². The first-order chi connectivity index (χ1) is 5.97. The lowest BCUT2D eigenvalue weighted by Gasteiger charge is -2.13. The van der Waals surface area contributed by atoms with E-state index in [9.17, 15) is 9.59 Å². The van der Waals surface area contributed by atoms with Crippen LogP contribution in [-0.4, -0.2) is 12.1 Å². The Hall–Kier alpha value is -0.660. The number of hydrogen-bond acceptors (Lipinski definition) is 2. The number of ketones is 1. The number of carbonyl (C=O) groups excluding carboxylic acids is 2. The van der Waals surface area contributed by atoms with E-state index < -0.39 is 0 Å². The van der Waals surface area contributed by atoms with Gasteiger partial charge in [0.2, 0.25) is 0 Å². The van der Waals surface area contributed by atoms with Crippen LogP contribution in [0.1, 0.15) is 40.5 Å². The summed E-state index contributed by atoms with van der Waals surface area (Å²) in [7, 11) is 0. The quantitative estimate of drug-likeness (QED) is 0.594. The third-order valence-electron chi connectivity index (χ3n) is 2.13. The highest BCUT2D eigenvalue weighted by molar-refractivity contribution is 5.81. The molecule has 0 amide bonds. The van der Waals surface area contributed by atoms with Crippen LogP contribution in [-0.2, 0) is 9.59 Å². The second kappa shape index (κ2) is 5.90. The summed E-state index contributed by atoms with van der Waals surface area (Å²) >= 11 is 0. The highest BCUT2D eigenvalue weighted by Crippen LogP contribution is 2.15. The monoisotopic (exact) mass is 184 g/mol. The topological polar surface area (TPSA) is 34.1 Å². The number of Topliss-reactive ketones (excluding diaryl/α,β-unsaturated/α-hetero) is 1. The Morgan fingerprint density at radius 3 is 2.00 bits per heavy atom. The van der Waals surface area contributed by atoms with Crippen molar-refractivity contribution in [1.29, 1.82) is 0 Å². The van der Waals surface area contributed by atoms with Crippen LogP contribution in [0.25, 0.3) is 0 Å². The van der Waals surface area contributed by atoms with Crippen molar-refractivity contribution in [3.8, 4) is 0 Å². The van der Waals surface area contributed by atoms with E-state index in [0.29, 0.717) is 18.8 Å². The largest absolute Gasteiger partial charge is 0.303 e. The molecule has 0 aliphatic rings. The standard InChI is InChI=1S/C11H20O2/c1-8(2)5-11(13)6-10(7-12)9(3)4/h7-10H,5-6H2,1-4H3. The number of hydrogen-bond donors (Lipinski definition) is 0. The van der Waals surface area contributed by atoms with Crippen molar-refractivity contribution in [2.24, 2.45) is 17.8 Å². The molecule has 0 aliphatic heterocycles. The van der Waals surface area contributed by atoms with Crippen molar-refractivity contribution < 1.29 is 9.59 Å². The third kappa shape index (κ3) is 5.56. The molecule has 0 saturated heterocycles. The van der Waals surface area contributed by atoms with Crippen LogP contribution < -0.4 is 0 Å². The van der Waals surface area contributed by atoms with Crippen LogP contribution in [0.5, 0.6) is 0 Å². The highest BCUT2D eigenvalue weighted by atomic mass is 16.1. The second-order valence-corrected chi connectivity index (χ2v) is 4.38. The van der Waals surface area contributed by atoms with Gasteiger partial charge in [0.15, 0.2) is 0 Å². The summed E-state index contributed by atoms with van der Waals surface area (Å²) in [6.45, 7) is 7.98. The molecule has 0 aromatic rings. The first-order valence-corrected chi connectivity index (χ1v) is 4.94. The average Bonchev–Trinajstić information content (AvgIpc) is 1.98. The molecule has 76 valence electrons. The number of carbonyl (C=O) groups is 2. The predicted octanol–water partition coefficient (Wildman–Crippen LogP) is 2.46. The van der Waals surface area contributed by atoms with Gasteiger partial charge < -0.3 is 4.79 Å². The van der Waals surface area contributed by atoms with E-state index >= 15 is 0 Å². The summed E-state index contributed by atoms with van der Waals surface area (Å²) in [5.74, 6) is 0.785. The Balaban J connectivity index is 3.94. The lowest BCUT2D eigenvalue weighted by atomic mass is 9.90. The molecule has 0 bridgehead atoms. The first kappa shape index (κ1) is 12.3. The van der Waals surface area contributed by atoms with Gasteiger partial charge in [0.05, 0.1) is 0 Å². The molecule has 0 aliphatic carbocycles. The van der Waals surface area contributed by atoms with Crippen molar-refractivity contribution in [3.63, 3.8) is 0 Å². The smallest absolute Gasteiger partial charge is 0.133 e. The van der Waals surface area contributed by atoms with Gasteiger partial charge in [0.1, 0.15) is 12.1 Å². The predicted molar refractivity (Wildman–Crippen MR) is 53.5 cm³/mol. The molecule has 13 heavy (non-hydrogen) atoms. The van der Waals surface area contributed by atoms with Crippen LogP contribution >= 0.6 is 0 Å². The minimum absolute atomic E-state index is 0.0914. The van der Waals surface area contributed by atoms with Crippen molar-refractivity contribution in [2.45, 2.75) is 40.5 Å². The maximum atomic E-state index is 11.4. The molecule has 0 aromatic carbocycles. The summed E-state index contributed by atoms with van der Waals surface area (Å²) < 4.78 is 0. The Labute approximate surface area is 80.7 Å². The minimum Gasteiger partial charge on any atom is -0.303 e. The molecule has 1 atom stereocenters. The number of aldehydes is 1. The molecule has 1 unspecified atom stereocenters. The van der Waals surface area contributed by atoms with Crippen LogP contribution in [0, 0.1) is 17.8 Å². The lowest BCUT2D eigenvalue weighted by molar-refractivity contribution is -0.124. The minimum atomic E-state index is -0.0914. The van der Waals surface area contributed by atoms with E-state index in [2.05, 4.69) is 0 Å². The molecule has 0 rings (SSSR count). The van der Waals surface area contributed by atoms with E-state index in [-0.39, 0.29) is 17.6 Å². The zero-order chi connectivity index (χ0) is 10.4. The molecule has 2 nitrogen and oxygen atoms in total. The Bertz CT molecular complexity index is 171. The Kier molecular flexibility index (Phi) is 5.60. The summed E-state index contributed by atoms with van der Waals surface area (Å²) in [6.07, 6.45) is 1.92. The highest BCUT2D eigenvalue weighted by Gasteiger charge is 2.16. The van der Waals surface area contributed by atoms with Gasteiger partial charge in [-0.2, -0.15) is 0 Å². The van der Waals surface area contributed by atoms with Gasteiger partial charge >= 0.3 is 0 Å². The molecule has 0 spiro atoms. The molecule has 0 aromatic heterocycles. The Morgan fingerprint density at radius 2 is 1.69 bits per heavy atom. The maximum absolute atomic E-state index is 11.4. The summed E-state index contributed by atoms with van der Waals surface area (Å²) in [4.78, 5) is 22.0. The second-order valence-electron chi connectivity index (χ2n) is 4.38. The fourth-order valence-corrected chi connectivity index (χ4v) is 1.24. The average molecular weight is 184 g/mol. The van der Waals surface area contributed by atoms with E-state index in [0.717, 1.165) is 6.29 Å². The SMILES string of the molecule is CC(C)CC(=O)CC(C=O)C(C)C. The van der Waals surface area contributed by atoms with Crippen molar-refractivity contribution >= 4 is 12.1 Å². The molecule has 0 N–H and O–H groups in total. The molecule has 0 radical (unpaired) electrons. The lowest BCUT2D eigenvalue weighted by Crippen LogP contribution is -2.16. The zero-order valence-electron chi connectivity index (χ0n) is 9.04. The van der Waals surface area contributed by atoms with Crippen molar-refractivity contribution in [1.82, 2.24) is 0 Å². The van der Waals surface area contributed by atoms with Gasteiger partial charge in [0, 0.05) is 18.8 Å². The van der Waals surface area contributed by atoms with Crippen LogP contribution in [0.3, 0.4) is 0 Å². The summed E-state index contributed by atoms with van der Waals surface area (Å²) in [5.41, 5.74) is 0. The van der Waals surface area contributed by atoms with E-state index in [1.54, 1.807) is 0 Å².